The van der Waals surface area contributed by atoms with Crippen LogP contribution >= 0.6 is 0 Å². The van der Waals surface area contributed by atoms with Crippen molar-refractivity contribution in [3.63, 3.8) is 0 Å². The quantitative estimate of drug-likeness (QED) is 0.449. The van der Waals surface area contributed by atoms with Gasteiger partial charge in [0, 0.05) is 17.4 Å². The lowest BCUT2D eigenvalue weighted by Crippen LogP contribution is -2.56. The third-order valence-corrected chi connectivity index (χ3v) is 15.3. The van der Waals surface area contributed by atoms with Gasteiger partial charge >= 0.3 is 0 Å². The van der Waals surface area contributed by atoms with Crippen LogP contribution in [0.4, 0.5) is 0 Å². The zero-order valence-electron chi connectivity index (χ0n) is 20.1. The summed E-state index contributed by atoms with van der Waals surface area (Å²) in [6.45, 7) is 16.3. The maximum Gasteiger partial charge on any atom is 0.192 e. The molecule has 4 heteroatoms. The Morgan fingerprint density at radius 2 is 1.80 bits per heavy atom. The summed E-state index contributed by atoms with van der Waals surface area (Å²) in [6.07, 6.45) is 8.62. The molecule has 0 saturated heterocycles. The smallest absolute Gasteiger partial charge is 0.192 e. The molecule has 0 unspecified atom stereocenters. The highest BCUT2D eigenvalue weighted by Crippen LogP contribution is 2.71. The number of aliphatic hydroxyl groups is 1. The van der Waals surface area contributed by atoms with E-state index in [0.29, 0.717) is 35.6 Å². The molecule has 4 fully saturated rings. The van der Waals surface area contributed by atoms with Crippen molar-refractivity contribution >= 4 is 14.1 Å². The second-order valence-corrected chi connectivity index (χ2v) is 18.1. The summed E-state index contributed by atoms with van der Waals surface area (Å²) in [5.74, 6) is 2.59. The third-order valence-electron chi connectivity index (χ3n) is 10.8. The summed E-state index contributed by atoms with van der Waals surface area (Å²) in [7, 11) is -1.79. The van der Waals surface area contributed by atoms with E-state index in [1.54, 1.807) is 0 Å². The molecule has 5 rings (SSSR count). The molecule has 0 aliphatic heterocycles. The Kier molecular flexibility index (Phi) is 4.51. The van der Waals surface area contributed by atoms with Gasteiger partial charge in [-0.1, -0.05) is 46.3 Å². The largest absolute Gasteiger partial charge is 0.414 e. The Labute approximate surface area is 184 Å². The second-order valence-electron chi connectivity index (χ2n) is 13.4. The molecule has 0 heterocycles. The lowest BCUT2D eigenvalue weighted by atomic mass is 9.46. The number of Topliss-reactive ketones (excluding diaryl/α,β-unsaturated/α-hetero) is 1. The van der Waals surface area contributed by atoms with E-state index in [2.05, 4.69) is 53.8 Å². The molecule has 30 heavy (non-hydrogen) atoms. The molecule has 5 aliphatic rings. The second kappa shape index (κ2) is 6.32. The number of rotatable bonds is 2. The number of fused-ring (bicyclic) bond motifs is 7. The van der Waals surface area contributed by atoms with Gasteiger partial charge in [0.2, 0.25) is 0 Å². The van der Waals surface area contributed by atoms with Crippen molar-refractivity contribution in [1.29, 1.82) is 0 Å². The molecule has 0 aromatic rings. The fraction of sp³-hybridized carbons (Fsp3) is 0.885. The van der Waals surface area contributed by atoms with Gasteiger partial charge < -0.3 is 9.53 Å². The van der Waals surface area contributed by atoms with Crippen LogP contribution in [0.1, 0.15) is 73.1 Å². The summed E-state index contributed by atoms with van der Waals surface area (Å²) >= 11 is 0. The molecule has 3 nitrogen and oxygen atoms in total. The Morgan fingerprint density at radius 1 is 1.13 bits per heavy atom. The van der Waals surface area contributed by atoms with Crippen LogP contribution in [0.2, 0.25) is 18.1 Å². The van der Waals surface area contributed by atoms with Crippen LogP contribution in [-0.2, 0) is 9.22 Å². The fourth-order valence-electron chi connectivity index (χ4n) is 7.96. The predicted octanol–water partition coefficient (Wildman–Crippen LogP) is 5.74. The monoisotopic (exact) mass is 430 g/mol. The molecule has 0 radical (unpaired) electrons. The van der Waals surface area contributed by atoms with Gasteiger partial charge in [-0.3, -0.25) is 4.79 Å². The van der Waals surface area contributed by atoms with Gasteiger partial charge in [-0.25, -0.2) is 0 Å². The van der Waals surface area contributed by atoms with Gasteiger partial charge in [-0.15, -0.1) is 0 Å². The Morgan fingerprint density at radius 3 is 2.47 bits per heavy atom. The summed E-state index contributed by atoms with van der Waals surface area (Å²) in [5, 5.41) is 11.6. The van der Waals surface area contributed by atoms with Crippen molar-refractivity contribution in [2.24, 2.45) is 40.4 Å². The van der Waals surface area contributed by atoms with Crippen molar-refractivity contribution in [3.8, 4) is 0 Å². The number of carbonyl (C=O) groups excluding carboxylic acids is 1. The fourth-order valence-corrected chi connectivity index (χ4v) is 9.35. The van der Waals surface area contributed by atoms with E-state index in [9.17, 15) is 9.90 Å². The molecule has 5 aliphatic carbocycles. The molecular weight excluding hydrogens is 388 g/mol. The van der Waals surface area contributed by atoms with Gasteiger partial charge in [-0.2, -0.15) is 0 Å². The minimum Gasteiger partial charge on any atom is -0.414 e. The van der Waals surface area contributed by atoms with Gasteiger partial charge in [0.05, 0.1) is 6.10 Å². The first-order valence-corrected chi connectivity index (χ1v) is 15.3. The van der Waals surface area contributed by atoms with Crippen molar-refractivity contribution in [2.45, 2.75) is 103 Å². The number of hydrogen-bond acceptors (Lipinski definition) is 3. The number of ketones is 1. The van der Waals surface area contributed by atoms with Crippen molar-refractivity contribution in [2.75, 3.05) is 0 Å². The van der Waals surface area contributed by atoms with E-state index in [4.69, 9.17) is 4.43 Å². The van der Waals surface area contributed by atoms with E-state index in [1.807, 2.05) is 0 Å². The van der Waals surface area contributed by atoms with Gasteiger partial charge in [-0.05, 0) is 85.7 Å². The normalized spacial score (nSPS) is 50.2. The van der Waals surface area contributed by atoms with E-state index < -0.39 is 8.32 Å². The standard InChI is InChI=1S/C26H42O3Si/c1-24(2,3)30(6,7)29-16-8-10-25(4)15(12-16)13-20(27)21-19(25)9-11-26(5)22(21)17-14-18(17)23(26)28/h13,16-22,27H,8-12,14H2,1-7H3/t16-,17+,18-,19-,20-,21-,22-,25-,26-/m0/s1. The van der Waals surface area contributed by atoms with E-state index in [-0.39, 0.29) is 27.9 Å². The highest BCUT2D eigenvalue weighted by molar-refractivity contribution is 6.74. The third kappa shape index (κ3) is 2.78. The van der Waals surface area contributed by atoms with Gasteiger partial charge in [0.15, 0.2) is 8.32 Å². The number of aliphatic hydroxyl groups excluding tert-OH is 1. The molecule has 0 bridgehead atoms. The maximum atomic E-state index is 13.0. The minimum atomic E-state index is -1.79. The molecule has 0 aromatic heterocycles. The summed E-state index contributed by atoms with van der Waals surface area (Å²) in [5.41, 5.74) is 1.46. The first-order chi connectivity index (χ1) is 13.8. The average molecular weight is 431 g/mol. The van der Waals surface area contributed by atoms with Gasteiger partial charge in [0.25, 0.3) is 0 Å². The number of hydrogen-bond donors (Lipinski definition) is 1. The number of carbonyl (C=O) groups is 1. The van der Waals surface area contributed by atoms with Crippen LogP contribution in [0.25, 0.3) is 0 Å². The van der Waals surface area contributed by atoms with Crippen LogP contribution < -0.4 is 0 Å². The zero-order chi connectivity index (χ0) is 21.9. The Hall–Kier alpha value is -0.453. The lowest BCUT2D eigenvalue weighted by Gasteiger charge is -2.59. The summed E-state index contributed by atoms with van der Waals surface area (Å²) in [4.78, 5) is 13.0. The van der Waals surface area contributed by atoms with E-state index in [1.165, 1.54) is 5.57 Å². The summed E-state index contributed by atoms with van der Waals surface area (Å²) < 4.78 is 6.80. The SMILES string of the molecule is CC(C)(C)[Si](C)(C)O[C@H]1CC[C@@]2(C)C(=C[C@H](O)[C@H]3[C@@H]4[C@@H]5C[C@@H]5C(=O)[C@@]4(C)CC[C@@H]32)C1. The Balaban J connectivity index is 1.42. The summed E-state index contributed by atoms with van der Waals surface area (Å²) in [6, 6.07) is 0. The lowest BCUT2D eigenvalue weighted by molar-refractivity contribution is -0.140. The maximum absolute atomic E-state index is 13.0. The molecule has 9 atom stereocenters. The first kappa shape index (κ1) is 21.4. The van der Waals surface area contributed by atoms with Crippen LogP contribution in [0.5, 0.6) is 0 Å². The average Bonchev–Trinajstić information content (AvgIpc) is 3.37. The topological polar surface area (TPSA) is 46.5 Å². The molecule has 0 aromatic carbocycles. The van der Waals surface area contributed by atoms with Crippen molar-refractivity contribution in [1.82, 2.24) is 0 Å². The first-order valence-electron chi connectivity index (χ1n) is 12.4. The van der Waals surface area contributed by atoms with Crippen LogP contribution in [0.15, 0.2) is 11.6 Å². The van der Waals surface area contributed by atoms with Crippen molar-refractivity contribution in [3.05, 3.63) is 11.6 Å². The molecule has 0 amide bonds. The van der Waals surface area contributed by atoms with Gasteiger partial charge in [0.1, 0.15) is 5.78 Å². The molecule has 0 spiro atoms. The predicted molar refractivity (Wildman–Crippen MR) is 123 cm³/mol. The van der Waals surface area contributed by atoms with Crippen LogP contribution in [0, 0.1) is 40.4 Å². The molecule has 1 N–H and O–H groups in total. The molecule has 168 valence electrons. The van der Waals surface area contributed by atoms with Crippen LogP contribution in [-0.4, -0.2) is 31.4 Å². The highest BCUT2D eigenvalue weighted by Gasteiger charge is 2.71. The van der Waals surface area contributed by atoms with Crippen molar-refractivity contribution < 1.29 is 14.3 Å². The molecular formula is C26H42O3Si. The minimum absolute atomic E-state index is 0.167. The molecule has 4 saturated carbocycles. The van der Waals surface area contributed by atoms with Crippen LogP contribution in [0.3, 0.4) is 0 Å². The zero-order valence-corrected chi connectivity index (χ0v) is 21.1. The van der Waals surface area contributed by atoms with E-state index >= 15 is 0 Å². The van der Waals surface area contributed by atoms with E-state index in [0.717, 1.165) is 38.5 Å². The highest BCUT2D eigenvalue weighted by atomic mass is 28.4. The Bertz CT molecular complexity index is 795.